The Labute approximate surface area is 829 Å². The van der Waals surface area contributed by atoms with E-state index in [1.807, 2.05) is 13.8 Å². The summed E-state index contributed by atoms with van der Waals surface area (Å²) in [5.41, 5.74) is 7.53. The topological polar surface area (TPSA) is 177 Å². The average Bonchev–Trinajstić information content (AvgIpc) is 1.14. The van der Waals surface area contributed by atoms with Crippen LogP contribution in [0.3, 0.4) is 0 Å². The van der Waals surface area contributed by atoms with Crippen LogP contribution in [0.5, 0.6) is 0 Å². The molecule has 0 saturated heterocycles. The molecule has 0 aromatic rings. The Kier molecular flexibility index (Phi) is 26.2. The minimum atomic E-state index is -0.302. The zero-order valence-corrected chi connectivity index (χ0v) is 92.3. The highest BCUT2D eigenvalue weighted by Gasteiger charge is 2.79. The zero-order valence-electron chi connectivity index (χ0n) is 92.3. The average molecular weight is 1880 g/mol. The first-order valence-corrected chi connectivity index (χ1v) is 57.3. The number of aliphatic hydroxyl groups excluding tert-OH is 4. The van der Waals surface area contributed by atoms with E-state index in [0.717, 1.165) is 147 Å². The van der Waals surface area contributed by atoms with Gasteiger partial charge in [-0.05, 0) is 503 Å². The highest BCUT2D eigenvalue weighted by Crippen LogP contribution is 2.85. The van der Waals surface area contributed by atoms with E-state index in [2.05, 4.69) is 192 Å². The van der Waals surface area contributed by atoms with Gasteiger partial charge in [0.05, 0.1) is 61.5 Å². The monoisotopic (exact) mass is 1880 g/mol. The molecule has 4 N–H and O–H groups in total. The molecule has 0 spiro atoms. The predicted molar refractivity (Wildman–Crippen MR) is 551 cm³/mol. The molecule has 11 heteroatoms. The van der Waals surface area contributed by atoms with Gasteiger partial charge in [-0.3, -0.25) is 19.2 Å². The van der Waals surface area contributed by atoms with Crippen molar-refractivity contribution in [3.63, 3.8) is 0 Å². The third-order valence-corrected chi connectivity index (χ3v) is 54.8. The SMILES string of the molecule is C=C(C)[C@@H]1CC[C@]2(C(=O)OC)CC[C@]3(C)C(CCC4[C@@]5(C)CC[C@H](O)C(C)(C)C5CC[C@]43C)C12.C=C(C)[C@@H]1CC[C@]2(C(=O)OC)CC[C@]3(C)C(CCC4[C@@]5(C)CC[C@H](O)C(C)(C)C5CC[C@]43C)C12.C=C(C)[C@@H]1CC[C@]2(C(=O)OCC)CC[C@]3(C)C(CCC4[C@@]5(C)CC[C@H](O)C(C)(C)C5CC[C@]43C)C12.C=C(C)[C@@H]1CC[C@]2(C(C)=O)CC[C@]3(C)C(CCC4[C@@]5(C)CC[C@H](O)C(C)(C)C5CC[C@]43C)C12. The summed E-state index contributed by atoms with van der Waals surface area (Å²) in [6, 6.07) is 0. The summed E-state index contributed by atoms with van der Waals surface area (Å²) < 4.78 is 16.8. The number of fused-ring (bicyclic) bond motifs is 28. The molecule has 20 aliphatic rings. The lowest BCUT2D eigenvalue weighted by Crippen LogP contribution is -2.67. The van der Waals surface area contributed by atoms with Crippen molar-refractivity contribution in [1.82, 2.24) is 0 Å². The van der Waals surface area contributed by atoms with E-state index in [0.29, 0.717) is 157 Å². The number of aliphatic hydroxyl groups is 4. The van der Waals surface area contributed by atoms with Crippen LogP contribution >= 0.6 is 0 Å². The number of hydrogen-bond acceptors (Lipinski definition) is 11. The Morgan fingerprint density at radius 3 is 0.676 bits per heavy atom. The summed E-state index contributed by atoms with van der Waals surface area (Å²) in [5, 5.41) is 43.7. The number of esters is 3. The van der Waals surface area contributed by atoms with Crippen molar-refractivity contribution >= 4 is 23.7 Å². The lowest BCUT2D eigenvalue weighted by molar-refractivity contribution is -0.248. The molecule has 0 aromatic heterocycles. The molecular weight excluding hydrogens is 1680 g/mol. The van der Waals surface area contributed by atoms with E-state index in [1.54, 1.807) is 14.2 Å². The van der Waals surface area contributed by atoms with Crippen molar-refractivity contribution in [2.75, 3.05) is 20.8 Å². The molecule has 20 saturated carbocycles. The van der Waals surface area contributed by atoms with Crippen LogP contribution in [-0.2, 0) is 33.4 Å². The van der Waals surface area contributed by atoms with Gasteiger partial charge in [-0.25, -0.2) is 0 Å². The first-order valence-electron chi connectivity index (χ1n) is 57.3. The third-order valence-electron chi connectivity index (χ3n) is 54.8. The van der Waals surface area contributed by atoms with Gasteiger partial charge >= 0.3 is 17.9 Å². The van der Waals surface area contributed by atoms with Crippen molar-refractivity contribution in [3.05, 3.63) is 48.6 Å². The van der Waals surface area contributed by atoms with E-state index in [1.165, 1.54) is 138 Å². The van der Waals surface area contributed by atoms with E-state index in [9.17, 15) is 39.6 Å². The summed E-state index contributed by atoms with van der Waals surface area (Å²) in [4.78, 5) is 53.5. The van der Waals surface area contributed by atoms with Crippen molar-refractivity contribution in [2.45, 2.75) is 461 Å². The van der Waals surface area contributed by atoms with Crippen molar-refractivity contribution < 1.29 is 53.8 Å². The lowest BCUT2D eigenvalue weighted by atomic mass is 9.32. The highest BCUT2D eigenvalue weighted by molar-refractivity contribution is 5.84. The van der Waals surface area contributed by atoms with E-state index >= 15 is 0 Å². The van der Waals surface area contributed by atoms with Crippen LogP contribution in [0.2, 0.25) is 0 Å². The van der Waals surface area contributed by atoms with E-state index < -0.39 is 0 Å². The standard InChI is InChI=1S/C32H52O3.2C31H50O3.C31H50O2/c1-9-35-27(34)32-17-12-21(20(2)3)26(32)22-10-11-24-29(6)15-14-25(33)28(4,5)23(29)13-16-31(24,8)30(22,7)18-19-32;2*1-19(2)20-11-16-31(26(33)34-8)18-17-29(6)21(25(20)31)9-10-23-28(5)14-13-24(32)27(3,4)22(28)12-15-30(23,29)7;1-19(2)21-11-16-31(20(3)32)18-17-29(7)22(26(21)31)9-10-24-28(6)14-13-25(33)27(4,5)23(28)12-15-30(24,29)8/h21-26,33H,2,9-19H2,1,3-8H3;2*20-25,32H,1,9-18H2,2-8H3;21-26,33H,1,9-18H2,2-8H3/t21-,22?,23?,24?,25-,26?,29-,30+,31+,32-;2*20-,21?,22?,23?,24-,25?,28-,29+,30+,31-;21-,22?,23?,24?,25-,26?,28-,29+,30+,31+/m0000/s1. The first-order chi connectivity index (χ1) is 63.1. The minimum Gasteiger partial charge on any atom is -0.469 e. The summed E-state index contributed by atoms with van der Waals surface area (Å²) in [7, 11) is 3.19. The van der Waals surface area contributed by atoms with Crippen LogP contribution in [-0.4, -0.2) is 89.4 Å². The molecule has 40 atom stereocenters. The second-order valence-electron chi connectivity index (χ2n) is 59.1. The van der Waals surface area contributed by atoms with Crippen LogP contribution in [0.15, 0.2) is 48.6 Å². The molecule has 20 rings (SSSR count). The molecule has 11 nitrogen and oxygen atoms in total. The Bertz CT molecular complexity index is 4490. The van der Waals surface area contributed by atoms with Gasteiger partial charge in [0.15, 0.2) is 0 Å². The minimum absolute atomic E-state index is 0.00478. The van der Waals surface area contributed by atoms with Crippen molar-refractivity contribution in [3.8, 4) is 0 Å². The largest absolute Gasteiger partial charge is 0.469 e. The number of allylic oxidation sites excluding steroid dienone is 4. The number of ether oxygens (including phenoxy) is 3. The second-order valence-corrected chi connectivity index (χ2v) is 59.1. The van der Waals surface area contributed by atoms with Gasteiger partial charge in [-0.1, -0.05) is 187 Å². The van der Waals surface area contributed by atoms with Crippen LogP contribution in [0.25, 0.3) is 0 Å². The van der Waals surface area contributed by atoms with Gasteiger partial charge in [-0.2, -0.15) is 0 Å². The summed E-state index contributed by atoms with van der Waals surface area (Å²) in [6.45, 7) is 81.0. The fraction of sp³-hybridized carbons (Fsp3) is 0.904. The van der Waals surface area contributed by atoms with Crippen LogP contribution < -0.4 is 0 Å². The molecule has 0 heterocycles. The van der Waals surface area contributed by atoms with Gasteiger partial charge < -0.3 is 34.6 Å². The molecule has 20 aliphatic carbocycles. The first kappa shape index (κ1) is 104. The van der Waals surface area contributed by atoms with Crippen molar-refractivity contribution in [2.24, 2.45) is 227 Å². The number of rotatable bonds is 9. The van der Waals surface area contributed by atoms with Gasteiger partial charge in [0, 0.05) is 5.41 Å². The van der Waals surface area contributed by atoms with Crippen molar-refractivity contribution in [1.29, 1.82) is 0 Å². The van der Waals surface area contributed by atoms with Crippen LogP contribution in [0.1, 0.15) is 437 Å². The number of Topliss-reactive ketones (excluding diaryl/α,β-unsaturated/α-hetero) is 1. The Balaban J connectivity index is 0.000000126. The summed E-state index contributed by atoms with van der Waals surface area (Å²) in [6.07, 6.45) is 45.0. The predicted octanol–water partition coefficient (Wildman–Crippen LogP) is 29.5. The maximum atomic E-state index is 13.6. The third kappa shape index (κ3) is 13.8. The molecule has 20 fully saturated rings. The maximum absolute atomic E-state index is 13.6. The Morgan fingerprint density at radius 2 is 0.463 bits per heavy atom. The zero-order chi connectivity index (χ0) is 99.6. The quantitative estimate of drug-likeness (QED) is 0.0981. The molecule has 0 radical (unpaired) electrons. The molecule has 0 aliphatic heterocycles. The smallest absolute Gasteiger partial charge is 0.312 e. The van der Waals surface area contributed by atoms with Gasteiger partial charge in [0.2, 0.25) is 0 Å². The molecule has 0 amide bonds. The number of carbonyl (C=O) groups is 4. The lowest BCUT2D eigenvalue weighted by Gasteiger charge is -2.72. The fourth-order valence-electron chi connectivity index (χ4n) is 46.9. The molecule has 0 aromatic carbocycles. The number of hydrogen-bond donors (Lipinski definition) is 4. The van der Waals surface area contributed by atoms with Crippen LogP contribution in [0.4, 0.5) is 0 Å². The van der Waals surface area contributed by atoms with E-state index in [-0.39, 0.29) is 118 Å². The summed E-state index contributed by atoms with van der Waals surface area (Å²) >= 11 is 0. The molecular formula is C125H202O11. The van der Waals surface area contributed by atoms with Gasteiger partial charge in [-0.15, -0.1) is 0 Å². The van der Waals surface area contributed by atoms with Gasteiger partial charge in [0.1, 0.15) is 5.78 Å². The van der Waals surface area contributed by atoms with Gasteiger partial charge in [0.25, 0.3) is 0 Å². The second kappa shape index (κ2) is 34.2. The number of methoxy groups -OCH3 is 2. The van der Waals surface area contributed by atoms with Crippen LogP contribution in [0, 0.1) is 227 Å². The Hall–Kier alpha value is -3.12. The summed E-state index contributed by atoms with van der Waals surface area (Å²) in [5.74, 6) is 11.7. The number of carbonyl (C=O) groups excluding carboxylic acids is 4. The molecule has 136 heavy (non-hydrogen) atoms. The number of ketones is 1. The fourth-order valence-corrected chi connectivity index (χ4v) is 46.9. The Morgan fingerprint density at radius 1 is 0.250 bits per heavy atom. The molecule has 768 valence electrons. The molecule has 0 bridgehead atoms. The van der Waals surface area contributed by atoms with E-state index in [4.69, 9.17) is 14.2 Å². The maximum Gasteiger partial charge on any atom is 0.312 e. The molecule has 16 unspecified atom stereocenters. The normalized spacial score (nSPS) is 53.7. The highest BCUT2D eigenvalue weighted by atomic mass is 16.5.